The molecule has 28 heavy (non-hydrogen) atoms. The van der Waals surface area contributed by atoms with Crippen molar-refractivity contribution in [1.82, 2.24) is 14.3 Å². The molecule has 0 aliphatic heterocycles. The number of rotatable bonds is 7. The van der Waals surface area contributed by atoms with Crippen LogP contribution >= 0.6 is 0 Å². The number of carbonyl (C=O) groups excluding carboxylic acids is 2. The molecule has 146 valence electrons. The van der Waals surface area contributed by atoms with Crippen LogP contribution in [-0.4, -0.2) is 45.8 Å². The number of carbonyl (C=O) groups is 2. The van der Waals surface area contributed by atoms with E-state index < -0.39 is 5.91 Å². The summed E-state index contributed by atoms with van der Waals surface area (Å²) in [5.74, 6) is 0.130. The lowest BCUT2D eigenvalue weighted by Gasteiger charge is -2.17. The number of pyridine rings is 1. The van der Waals surface area contributed by atoms with Crippen LogP contribution in [0.5, 0.6) is 5.75 Å². The predicted molar refractivity (Wildman–Crippen MR) is 108 cm³/mol. The molecular formula is C21H24N4O3. The molecule has 7 heteroatoms. The Bertz CT molecular complexity index is 992. The van der Waals surface area contributed by atoms with E-state index in [1.807, 2.05) is 39.0 Å². The van der Waals surface area contributed by atoms with Gasteiger partial charge in [0.25, 0.3) is 11.8 Å². The minimum absolute atomic E-state index is 0.150. The van der Waals surface area contributed by atoms with Crippen molar-refractivity contribution >= 4 is 23.0 Å². The van der Waals surface area contributed by atoms with E-state index in [4.69, 9.17) is 4.74 Å². The zero-order chi connectivity index (χ0) is 20.1. The number of ether oxygens (including phenoxy) is 1. The number of nitrogens with one attached hydrogen (secondary N) is 1. The van der Waals surface area contributed by atoms with E-state index in [2.05, 4.69) is 10.3 Å². The zero-order valence-electron chi connectivity index (χ0n) is 16.3. The first-order valence-electron chi connectivity index (χ1n) is 9.40. The third-order valence-corrected chi connectivity index (χ3v) is 4.44. The molecule has 0 aliphatic carbocycles. The summed E-state index contributed by atoms with van der Waals surface area (Å²) in [4.78, 5) is 31.9. The highest BCUT2D eigenvalue weighted by atomic mass is 16.5. The van der Waals surface area contributed by atoms with Crippen molar-refractivity contribution in [2.75, 3.05) is 25.0 Å². The number of amides is 2. The van der Waals surface area contributed by atoms with Gasteiger partial charge in [-0.2, -0.15) is 0 Å². The Labute approximate surface area is 163 Å². The summed E-state index contributed by atoms with van der Waals surface area (Å²) in [6, 6.07) is 12.6. The lowest BCUT2D eigenvalue weighted by Crippen LogP contribution is -2.31. The average molecular weight is 380 g/mol. The minimum Gasteiger partial charge on any atom is -0.492 e. The van der Waals surface area contributed by atoms with E-state index in [0.717, 1.165) is 0 Å². The van der Waals surface area contributed by atoms with Gasteiger partial charge < -0.3 is 15.0 Å². The number of anilines is 1. The summed E-state index contributed by atoms with van der Waals surface area (Å²) in [6.45, 7) is 7.35. The van der Waals surface area contributed by atoms with Crippen LogP contribution in [0.2, 0.25) is 0 Å². The fraction of sp³-hybridized carbons (Fsp3) is 0.286. The van der Waals surface area contributed by atoms with Gasteiger partial charge in [0.05, 0.1) is 17.8 Å². The van der Waals surface area contributed by atoms with Gasteiger partial charge in [0.2, 0.25) is 5.82 Å². The van der Waals surface area contributed by atoms with Crippen LogP contribution in [-0.2, 0) is 0 Å². The molecule has 0 fully saturated rings. The van der Waals surface area contributed by atoms with E-state index in [0.29, 0.717) is 36.6 Å². The van der Waals surface area contributed by atoms with Crippen molar-refractivity contribution in [3.8, 4) is 5.75 Å². The van der Waals surface area contributed by atoms with E-state index in [-0.39, 0.29) is 17.4 Å². The summed E-state index contributed by atoms with van der Waals surface area (Å²) < 4.78 is 7.20. The molecule has 2 amide bonds. The van der Waals surface area contributed by atoms with Crippen LogP contribution < -0.4 is 10.1 Å². The highest BCUT2D eigenvalue weighted by molar-refractivity contribution is 6.06. The Morgan fingerprint density at radius 3 is 2.50 bits per heavy atom. The van der Waals surface area contributed by atoms with Crippen LogP contribution in [0.1, 0.15) is 41.9 Å². The van der Waals surface area contributed by atoms with Crippen LogP contribution in [0.4, 0.5) is 5.69 Å². The van der Waals surface area contributed by atoms with Crippen molar-refractivity contribution in [2.24, 2.45) is 0 Å². The number of nitrogens with zero attached hydrogens (tertiary/aromatic N) is 3. The Kier molecular flexibility index (Phi) is 5.93. The molecule has 2 heterocycles. The quantitative estimate of drug-likeness (QED) is 0.681. The van der Waals surface area contributed by atoms with Crippen molar-refractivity contribution in [3.05, 3.63) is 60.2 Å². The number of imidazole rings is 1. The summed E-state index contributed by atoms with van der Waals surface area (Å²) in [7, 11) is 0. The molecule has 1 N–H and O–H groups in total. The molecule has 0 aliphatic rings. The molecule has 1 aromatic carbocycles. The molecule has 0 saturated carbocycles. The lowest BCUT2D eigenvalue weighted by molar-refractivity contribution is 0.0769. The normalized spacial score (nSPS) is 10.7. The van der Waals surface area contributed by atoms with E-state index >= 15 is 0 Å². The van der Waals surface area contributed by atoms with Crippen LogP contribution in [0.15, 0.2) is 48.7 Å². The highest BCUT2D eigenvalue weighted by Gasteiger charge is 2.24. The van der Waals surface area contributed by atoms with Gasteiger partial charge in [-0.05, 0) is 45.0 Å². The second kappa shape index (κ2) is 8.56. The van der Waals surface area contributed by atoms with Crippen LogP contribution in [0, 0.1) is 0 Å². The predicted octanol–water partition coefficient (Wildman–Crippen LogP) is 3.47. The second-order valence-electron chi connectivity index (χ2n) is 6.10. The molecule has 0 saturated heterocycles. The first-order chi connectivity index (χ1) is 13.6. The monoisotopic (exact) mass is 380 g/mol. The smallest absolute Gasteiger partial charge is 0.292 e. The van der Waals surface area contributed by atoms with Gasteiger partial charge in [0.15, 0.2) is 5.69 Å². The molecule has 0 bridgehead atoms. The summed E-state index contributed by atoms with van der Waals surface area (Å²) >= 11 is 0. The number of aromatic nitrogens is 2. The number of benzene rings is 1. The largest absolute Gasteiger partial charge is 0.492 e. The SMILES string of the molecule is CCOc1ccccc1NC(=O)c1nc(C(=O)N(CC)CC)c2ccccn12. The van der Waals surface area contributed by atoms with Gasteiger partial charge in [0.1, 0.15) is 5.75 Å². The summed E-state index contributed by atoms with van der Waals surface area (Å²) in [5.41, 5.74) is 1.42. The second-order valence-corrected chi connectivity index (χ2v) is 6.10. The standard InChI is InChI=1S/C21H24N4O3/c1-4-24(5-2)21(27)18-16-12-9-10-14-25(16)19(23-18)20(26)22-15-11-7-8-13-17(15)28-6-3/h7-14H,4-6H2,1-3H3,(H,22,26). The molecule has 2 aromatic heterocycles. The van der Waals surface area contributed by atoms with Crippen molar-refractivity contribution in [1.29, 1.82) is 0 Å². The molecule has 0 atom stereocenters. The van der Waals surface area contributed by atoms with Crippen molar-refractivity contribution in [3.63, 3.8) is 0 Å². The maximum absolute atomic E-state index is 13.0. The topological polar surface area (TPSA) is 75.9 Å². The first-order valence-corrected chi connectivity index (χ1v) is 9.40. The minimum atomic E-state index is -0.410. The van der Waals surface area contributed by atoms with Gasteiger partial charge >= 0.3 is 0 Å². The average Bonchev–Trinajstić information content (AvgIpc) is 3.10. The van der Waals surface area contributed by atoms with Crippen molar-refractivity contribution in [2.45, 2.75) is 20.8 Å². The fourth-order valence-electron chi connectivity index (χ4n) is 3.05. The third-order valence-electron chi connectivity index (χ3n) is 4.44. The highest BCUT2D eigenvalue weighted by Crippen LogP contribution is 2.25. The molecule has 3 rings (SSSR count). The molecule has 0 spiro atoms. The number of hydrogen-bond donors (Lipinski definition) is 1. The summed E-state index contributed by atoms with van der Waals surface area (Å²) in [6.07, 6.45) is 1.73. The van der Waals surface area contributed by atoms with E-state index in [1.165, 1.54) is 0 Å². The number of para-hydroxylation sites is 2. The van der Waals surface area contributed by atoms with E-state index in [9.17, 15) is 9.59 Å². The maximum Gasteiger partial charge on any atom is 0.292 e. The first kappa shape index (κ1) is 19.4. The van der Waals surface area contributed by atoms with Gasteiger partial charge in [-0.3, -0.25) is 14.0 Å². The fourth-order valence-corrected chi connectivity index (χ4v) is 3.05. The Morgan fingerprint density at radius 2 is 1.79 bits per heavy atom. The number of hydrogen-bond acceptors (Lipinski definition) is 4. The van der Waals surface area contributed by atoms with Crippen molar-refractivity contribution < 1.29 is 14.3 Å². The van der Waals surface area contributed by atoms with Gasteiger partial charge in [-0.15, -0.1) is 0 Å². The summed E-state index contributed by atoms with van der Waals surface area (Å²) in [5, 5.41) is 2.84. The Balaban J connectivity index is 2.00. The molecule has 0 radical (unpaired) electrons. The zero-order valence-corrected chi connectivity index (χ0v) is 16.3. The molecule has 7 nitrogen and oxygen atoms in total. The van der Waals surface area contributed by atoms with Crippen LogP contribution in [0.3, 0.4) is 0 Å². The molecule has 0 unspecified atom stereocenters. The van der Waals surface area contributed by atoms with Crippen LogP contribution in [0.25, 0.3) is 5.52 Å². The van der Waals surface area contributed by atoms with E-state index in [1.54, 1.807) is 39.8 Å². The molecule has 3 aromatic rings. The molecular weight excluding hydrogens is 356 g/mol. The third kappa shape index (κ3) is 3.69. The van der Waals surface area contributed by atoms with Gasteiger partial charge in [0, 0.05) is 19.3 Å². The Hall–Kier alpha value is -3.35. The Morgan fingerprint density at radius 1 is 1.07 bits per heavy atom. The maximum atomic E-state index is 13.0. The lowest BCUT2D eigenvalue weighted by atomic mass is 10.3. The number of fused-ring (bicyclic) bond motifs is 1. The van der Waals surface area contributed by atoms with Gasteiger partial charge in [-0.1, -0.05) is 18.2 Å². The van der Waals surface area contributed by atoms with Gasteiger partial charge in [-0.25, -0.2) is 4.98 Å².